The summed E-state index contributed by atoms with van der Waals surface area (Å²) in [6.45, 7) is 3.69. The molecular weight excluding hydrogens is 270 g/mol. The lowest BCUT2D eigenvalue weighted by atomic mass is 10.1. The molecule has 106 valence electrons. The summed E-state index contributed by atoms with van der Waals surface area (Å²) >= 11 is 5.86. The Morgan fingerprint density at radius 2 is 1.75 bits per heavy atom. The maximum absolute atomic E-state index is 5.86. The minimum atomic E-state index is 0.304. The zero-order chi connectivity index (χ0) is 14.2. The standard InChI is InChI=1S/C17H20ClNO/c1-2-19-16(12-14-6-4-3-5-7-14)13-20-17-10-8-15(18)9-11-17/h3-11,16,19H,2,12-13H2,1H3. The number of hydrogen-bond donors (Lipinski definition) is 1. The van der Waals surface area contributed by atoms with Gasteiger partial charge in [0.15, 0.2) is 0 Å². The van der Waals surface area contributed by atoms with Gasteiger partial charge in [0.25, 0.3) is 0 Å². The third-order valence-corrected chi connectivity index (χ3v) is 3.33. The normalized spacial score (nSPS) is 12.1. The highest BCUT2D eigenvalue weighted by Gasteiger charge is 2.09. The second-order valence-electron chi connectivity index (χ2n) is 4.71. The molecule has 2 nitrogen and oxygen atoms in total. The lowest BCUT2D eigenvalue weighted by Gasteiger charge is -2.18. The Kier molecular flexibility index (Phi) is 5.90. The summed E-state index contributed by atoms with van der Waals surface area (Å²) in [5.41, 5.74) is 1.32. The summed E-state index contributed by atoms with van der Waals surface area (Å²) in [7, 11) is 0. The molecular formula is C17H20ClNO. The van der Waals surface area contributed by atoms with Crippen molar-refractivity contribution < 1.29 is 4.74 Å². The number of rotatable bonds is 7. The van der Waals surface area contributed by atoms with Gasteiger partial charge in [0.1, 0.15) is 12.4 Å². The van der Waals surface area contributed by atoms with Crippen molar-refractivity contribution in [3.63, 3.8) is 0 Å². The number of nitrogens with one attached hydrogen (secondary N) is 1. The van der Waals surface area contributed by atoms with Crippen LogP contribution in [0.5, 0.6) is 5.75 Å². The van der Waals surface area contributed by atoms with E-state index in [4.69, 9.17) is 16.3 Å². The molecule has 0 spiro atoms. The molecule has 0 aliphatic heterocycles. The quantitative estimate of drug-likeness (QED) is 0.833. The van der Waals surface area contributed by atoms with E-state index in [1.54, 1.807) is 0 Å². The van der Waals surface area contributed by atoms with E-state index < -0.39 is 0 Å². The minimum absolute atomic E-state index is 0.304. The Labute approximate surface area is 125 Å². The lowest BCUT2D eigenvalue weighted by Crippen LogP contribution is -2.36. The highest BCUT2D eigenvalue weighted by molar-refractivity contribution is 6.30. The molecule has 0 aliphatic carbocycles. The van der Waals surface area contributed by atoms with Crippen LogP contribution in [0.4, 0.5) is 0 Å². The van der Waals surface area contributed by atoms with E-state index in [1.807, 2.05) is 30.3 Å². The molecule has 0 bridgehead atoms. The Bertz CT molecular complexity index is 498. The molecule has 0 fully saturated rings. The zero-order valence-corrected chi connectivity index (χ0v) is 12.4. The molecule has 20 heavy (non-hydrogen) atoms. The monoisotopic (exact) mass is 289 g/mol. The van der Waals surface area contributed by atoms with Crippen LogP contribution >= 0.6 is 11.6 Å². The number of benzene rings is 2. The molecule has 1 unspecified atom stereocenters. The highest BCUT2D eigenvalue weighted by atomic mass is 35.5. The molecule has 0 radical (unpaired) electrons. The fourth-order valence-electron chi connectivity index (χ4n) is 2.10. The molecule has 2 aromatic carbocycles. The first-order chi connectivity index (χ1) is 9.78. The van der Waals surface area contributed by atoms with Crippen LogP contribution in [0.1, 0.15) is 12.5 Å². The van der Waals surface area contributed by atoms with Crippen molar-refractivity contribution in [3.05, 3.63) is 65.2 Å². The van der Waals surface area contributed by atoms with Crippen LogP contribution in [-0.2, 0) is 6.42 Å². The minimum Gasteiger partial charge on any atom is -0.492 e. The Morgan fingerprint density at radius 1 is 1.05 bits per heavy atom. The van der Waals surface area contributed by atoms with E-state index >= 15 is 0 Å². The maximum Gasteiger partial charge on any atom is 0.119 e. The smallest absolute Gasteiger partial charge is 0.119 e. The van der Waals surface area contributed by atoms with Gasteiger partial charge in [0, 0.05) is 11.1 Å². The number of hydrogen-bond acceptors (Lipinski definition) is 2. The van der Waals surface area contributed by atoms with E-state index in [0.717, 1.165) is 23.7 Å². The highest BCUT2D eigenvalue weighted by Crippen LogP contribution is 2.16. The van der Waals surface area contributed by atoms with E-state index in [2.05, 4.69) is 36.5 Å². The van der Waals surface area contributed by atoms with Gasteiger partial charge in [0.05, 0.1) is 0 Å². The van der Waals surface area contributed by atoms with Crippen molar-refractivity contribution in [2.75, 3.05) is 13.2 Å². The summed E-state index contributed by atoms with van der Waals surface area (Å²) in [6, 6.07) is 18.2. The first-order valence-corrected chi connectivity index (χ1v) is 7.31. The van der Waals surface area contributed by atoms with E-state index in [9.17, 15) is 0 Å². The van der Waals surface area contributed by atoms with Crippen molar-refractivity contribution in [1.29, 1.82) is 0 Å². The van der Waals surface area contributed by atoms with Gasteiger partial charge in [-0.15, -0.1) is 0 Å². The van der Waals surface area contributed by atoms with E-state index in [1.165, 1.54) is 5.56 Å². The maximum atomic E-state index is 5.86. The summed E-state index contributed by atoms with van der Waals surface area (Å²) in [6.07, 6.45) is 0.961. The van der Waals surface area contributed by atoms with Crippen LogP contribution in [0.25, 0.3) is 0 Å². The summed E-state index contributed by atoms with van der Waals surface area (Å²) in [5.74, 6) is 0.852. The molecule has 3 heteroatoms. The predicted octanol–water partition coefficient (Wildman–Crippen LogP) is 3.94. The fraction of sp³-hybridized carbons (Fsp3) is 0.294. The van der Waals surface area contributed by atoms with Gasteiger partial charge in [-0.3, -0.25) is 0 Å². The first kappa shape index (κ1) is 14.9. The fourth-order valence-corrected chi connectivity index (χ4v) is 2.23. The van der Waals surface area contributed by atoms with E-state index in [-0.39, 0.29) is 0 Å². The largest absolute Gasteiger partial charge is 0.492 e. The van der Waals surface area contributed by atoms with Crippen molar-refractivity contribution in [2.24, 2.45) is 0 Å². The Morgan fingerprint density at radius 3 is 2.40 bits per heavy atom. The van der Waals surface area contributed by atoms with Crippen LogP contribution in [0.3, 0.4) is 0 Å². The summed E-state index contributed by atoms with van der Waals surface area (Å²) < 4.78 is 5.83. The lowest BCUT2D eigenvalue weighted by molar-refractivity contribution is 0.265. The van der Waals surface area contributed by atoms with Crippen molar-refractivity contribution in [2.45, 2.75) is 19.4 Å². The molecule has 1 atom stereocenters. The van der Waals surface area contributed by atoms with Crippen molar-refractivity contribution >= 4 is 11.6 Å². The molecule has 2 aromatic rings. The number of ether oxygens (including phenoxy) is 1. The first-order valence-electron chi connectivity index (χ1n) is 6.93. The molecule has 0 heterocycles. The van der Waals surface area contributed by atoms with Crippen LogP contribution in [0, 0.1) is 0 Å². The average Bonchev–Trinajstić information content (AvgIpc) is 2.48. The molecule has 1 N–H and O–H groups in total. The Hall–Kier alpha value is -1.51. The van der Waals surface area contributed by atoms with Crippen LogP contribution in [-0.4, -0.2) is 19.2 Å². The summed E-state index contributed by atoms with van der Waals surface area (Å²) in [5, 5.41) is 4.19. The molecule has 0 saturated heterocycles. The van der Waals surface area contributed by atoms with Gasteiger partial charge in [-0.1, -0.05) is 48.9 Å². The molecule has 0 amide bonds. The topological polar surface area (TPSA) is 21.3 Å². The zero-order valence-electron chi connectivity index (χ0n) is 11.7. The van der Waals surface area contributed by atoms with Gasteiger partial charge in [-0.05, 0) is 42.8 Å². The van der Waals surface area contributed by atoms with Crippen LogP contribution in [0.2, 0.25) is 5.02 Å². The van der Waals surface area contributed by atoms with Crippen LogP contribution in [0.15, 0.2) is 54.6 Å². The number of likely N-dealkylation sites (N-methyl/N-ethyl adjacent to an activating group) is 1. The van der Waals surface area contributed by atoms with Gasteiger partial charge in [-0.25, -0.2) is 0 Å². The SMILES string of the molecule is CCNC(COc1ccc(Cl)cc1)Cc1ccccc1. The van der Waals surface area contributed by atoms with Gasteiger partial charge >= 0.3 is 0 Å². The average molecular weight is 290 g/mol. The van der Waals surface area contributed by atoms with Crippen LogP contribution < -0.4 is 10.1 Å². The van der Waals surface area contributed by atoms with Gasteiger partial charge < -0.3 is 10.1 Å². The second kappa shape index (κ2) is 7.93. The summed E-state index contributed by atoms with van der Waals surface area (Å²) in [4.78, 5) is 0. The van der Waals surface area contributed by atoms with Gasteiger partial charge in [0.2, 0.25) is 0 Å². The third-order valence-electron chi connectivity index (χ3n) is 3.08. The molecule has 0 saturated carbocycles. The van der Waals surface area contributed by atoms with Gasteiger partial charge in [-0.2, -0.15) is 0 Å². The Balaban J connectivity index is 1.90. The van der Waals surface area contributed by atoms with Crippen molar-refractivity contribution in [1.82, 2.24) is 5.32 Å². The van der Waals surface area contributed by atoms with E-state index in [0.29, 0.717) is 12.6 Å². The van der Waals surface area contributed by atoms with Crippen molar-refractivity contribution in [3.8, 4) is 5.75 Å². The predicted molar refractivity (Wildman–Crippen MR) is 84.6 cm³/mol. The second-order valence-corrected chi connectivity index (χ2v) is 5.15. The molecule has 0 aromatic heterocycles. The molecule has 2 rings (SSSR count). The molecule has 0 aliphatic rings. The third kappa shape index (κ3) is 4.87. The number of halogens is 1.